The van der Waals surface area contributed by atoms with Crippen molar-refractivity contribution in [1.82, 2.24) is 19.8 Å². The number of H-pyrrole nitrogens is 1. The van der Waals surface area contributed by atoms with Crippen LogP contribution in [-0.4, -0.2) is 52.5 Å². The fourth-order valence-corrected chi connectivity index (χ4v) is 2.70. The van der Waals surface area contributed by atoms with Crippen LogP contribution in [0.15, 0.2) is 42.7 Å². The second-order valence-corrected chi connectivity index (χ2v) is 5.39. The van der Waals surface area contributed by atoms with Gasteiger partial charge in [0.1, 0.15) is 5.82 Å². The van der Waals surface area contributed by atoms with Gasteiger partial charge in [-0.3, -0.25) is 4.90 Å². The first kappa shape index (κ1) is 13.3. The molecule has 3 rings (SSSR count). The zero-order chi connectivity index (χ0) is 13.6. The number of aromatic amines is 1. The number of imidazole rings is 1. The molecule has 4 heteroatoms. The average Bonchev–Trinajstić information content (AvgIpc) is 3.01. The van der Waals surface area contributed by atoms with Crippen LogP contribution in [0.25, 0.3) is 0 Å². The van der Waals surface area contributed by atoms with E-state index in [4.69, 9.17) is 0 Å². The summed E-state index contributed by atoms with van der Waals surface area (Å²) in [5, 5.41) is 0. The number of piperazine rings is 1. The van der Waals surface area contributed by atoms with Gasteiger partial charge in [-0.05, 0) is 12.0 Å². The Morgan fingerprint density at radius 1 is 1.00 bits per heavy atom. The first-order chi connectivity index (χ1) is 9.90. The van der Waals surface area contributed by atoms with Crippen LogP contribution in [0.3, 0.4) is 0 Å². The van der Waals surface area contributed by atoms with Crippen LogP contribution in [-0.2, 0) is 13.0 Å². The summed E-state index contributed by atoms with van der Waals surface area (Å²) in [5.41, 5.74) is 1.44. The second kappa shape index (κ2) is 6.68. The van der Waals surface area contributed by atoms with Gasteiger partial charge in [-0.25, -0.2) is 4.98 Å². The van der Waals surface area contributed by atoms with Crippen LogP contribution in [0.4, 0.5) is 0 Å². The number of aromatic nitrogens is 2. The zero-order valence-electron chi connectivity index (χ0n) is 11.8. The number of rotatable bonds is 5. The Balaban J connectivity index is 1.40. The fourth-order valence-electron chi connectivity index (χ4n) is 2.70. The van der Waals surface area contributed by atoms with Crippen molar-refractivity contribution < 1.29 is 0 Å². The summed E-state index contributed by atoms with van der Waals surface area (Å²) in [5.74, 6) is 1.07. The maximum absolute atomic E-state index is 4.29. The van der Waals surface area contributed by atoms with Crippen molar-refractivity contribution in [2.45, 2.75) is 13.0 Å². The van der Waals surface area contributed by atoms with Gasteiger partial charge in [0.25, 0.3) is 0 Å². The summed E-state index contributed by atoms with van der Waals surface area (Å²) in [6.07, 6.45) is 4.87. The fraction of sp³-hybridized carbons (Fsp3) is 0.438. The number of nitrogens with zero attached hydrogens (tertiary/aromatic N) is 3. The van der Waals surface area contributed by atoms with Crippen molar-refractivity contribution in [1.29, 1.82) is 0 Å². The minimum atomic E-state index is 0.944. The highest BCUT2D eigenvalue weighted by molar-refractivity contribution is 5.14. The van der Waals surface area contributed by atoms with Gasteiger partial charge >= 0.3 is 0 Å². The molecular formula is C16H22N4. The largest absolute Gasteiger partial charge is 0.348 e. The maximum Gasteiger partial charge on any atom is 0.120 e. The lowest BCUT2D eigenvalue weighted by atomic mass is 10.1. The van der Waals surface area contributed by atoms with Crippen LogP contribution < -0.4 is 0 Å². The quantitative estimate of drug-likeness (QED) is 0.899. The van der Waals surface area contributed by atoms with Crippen molar-refractivity contribution in [3.63, 3.8) is 0 Å². The number of benzene rings is 1. The van der Waals surface area contributed by atoms with E-state index in [-0.39, 0.29) is 0 Å². The van der Waals surface area contributed by atoms with Gasteiger partial charge in [-0.2, -0.15) is 0 Å². The predicted octanol–water partition coefficient (Wildman–Crippen LogP) is 1.77. The lowest BCUT2D eigenvalue weighted by molar-refractivity contribution is 0.126. The molecule has 2 heterocycles. The molecule has 1 aromatic heterocycles. The Labute approximate surface area is 120 Å². The van der Waals surface area contributed by atoms with Crippen LogP contribution in [0.5, 0.6) is 0 Å². The lowest BCUT2D eigenvalue weighted by Crippen LogP contribution is -2.46. The monoisotopic (exact) mass is 270 g/mol. The Kier molecular flexibility index (Phi) is 4.46. The summed E-state index contributed by atoms with van der Waals surface area (Å²) >= 11 is 0. The highest BCUT2D eigenvalue weighted by Gasteiger charge is 2.17. The summed E-state index contributed by atoms with van der Waals surface area (Å²) in [7, 11) is 0. The molecule has 0 radical (unpaired) electrons. The SMILES string of the molecule is c1ccc(CCN2CCN(Cc3ncc[nH]3)CC2)cc1. The first-order valence-electron chi connectivity index (χ1n) is 7.37. The molecule has 0 unspecified atom stereocenters. The predicted molar refractivity (Wildman–Crippen MR) is 80.5 cm³/mol. The number of hydrogen-bond acceptors (Lipinski definition) is 3. The lowest BCUT2D eigenvalue weighted by Gasteiger charge is -2.34. The maximum atomic E-state index is 4.29. The molecule has 0 saturated carbocycles. The van der Waals surface area contributed by atoms with Crippen LogP contribution in [0.2, 0.25) is 0 Å². The summed E-state index contributed by atoms with van der Waals surface area (Å²) < 4.78 is 0. The third kappa shape index (κ3) is 3.68. The first-order valence-corrected chi connectivity index (χ1v) is 7.37. The Bertz CT molecular complexity index is 486. The highest BCUT2D eigenvalue weighted by Crippen LogP contribution is 2.07. The van der Waals surface area contributed by atoms with Gasteiger partial charge in [0.2, 0.25) is 0 Å². The summed E-state index contributed by atoms with van der Waals surface area (Å²) in [6, 6.07) is 10.8. The van der Waals surface area contributed by atoms with Gasteiger partial charge in [0.15, 0.2) is 0 Å². The van der Waals surface area contributed by atoms with E-state index in [0.29, 0.717) is 0 Å². The molecule has 0 bridgehead atoms. The van der Waals surface area contributed by atoms with Gasteiger partial charge in [0.05, 0.1) is 6.54 Å². The van der Waals surface area contributed by atoms with E-state index in [1.165, 1.54) is 12.1 Å². The number of nitrogens with one attached hydrogen (secondary N) is 1. The van der Waals surface area contributed by atoms with E-state index in [1.807, 2.05) is 12.4 Å². The summed E-state index contributed by atoms with van der Waals surface area (Å²) in [6.45, 7) is 6.70. The van der Waals surface area contributed by atoms with Gasteiger partial charge < -0.3 is 9.88 Å². The normalized spacial score (nSPS) is 17.4. The van der Waals surface area contributed by atoms with Crippen LogP contribution >= 0.6 is 0 Å². The van der Waals surface area contributed by atoms with Gasteiger partial charge in [-0.15, -0.1) is 0 Å². The molecule has 1 aliphatic heterocycles. The second-order valence-electron chi connectivity index (χ2n) is 5.39. The average molecular weight is 270 g/mol. The van der Waals surface area contributed by atoms with Crippen molar-refractivity contribution in [2.24, 2.45) is 0 Å². The molecular weight excluding hydrogens is 248 g/mol. The van der Waals surface area contributed by atoms with E-state index < -0.39 is 0 Å². The van der Waals surface area contributed by atoms with E-state index in [0.717, 1.165) is 45.0 Å². The third-order valence-electron chi connectivity index (χ3n) is 3.95. The molecule has 1 fully saturated rings. The third-order valence-corrected chi connectivity index (χ3v) is 3.95. The Morgan fingerprint density at radius 3 is 2.45 bits per heavy atom. The molecule has 4 nitrogen and oxygen atoms in total. The van der Waals surface area contributed by atoms with Crippen LogP contribution in [0, 0.1) is 0 Å². The molecule has 0 aliphatic carbocycles. The van der Waals surface area contributed by atoms with Crippen molar-refractivity contribution >= 4 is 0 Å². The molecule has 2 aromatic rings. The van der Waals surface area contributed by atoms with Crippen molar-refractivity contribution in [2.75, 3.05) is 32.7 Å². The smallest absolute Gasteiger partial charge is 0.120 e. The van der Waals surface area contributed by atoms with E-state index in [9.17, 15) is 0 Å². The highest BCUT2D eigenvalue weighted by atomic mass is 15.3. The molecule has 20 heavy (non-hydrogen) atoms. The van der Waals surface area contributed by atoms with Crippen LogP contribution in [0.1, 0.15) is 11.4 Å². The summed E-state index contributed by atoms with van der Waals surface area (Å²) in [4.78, 5) is 12.5. The molecule has 0 atom stereocenters. The number of hydrogen-bond donors (Lipinski definition) is 1. The standard InChI is InChI=1S/C16H22N4/c1-2-4-15(5-3-1)6-9-19-10-12-20(13-11-19)14-16-17-7-8-18-16/h1-5,7-8H,6,9-14H2,(H,17,18). The Morgan fingerprint density at radius 2 is 1.75 bits per heavy atom. The van der Waals surface area contributed by atoms with Crippen molar-refractivity contribution in [3.8, 4) is 0 Å². The van der Waals surface area contributed by atoms with E-state index >= 15 is 0 Å². The topological polar surface area (TPSA) is 35.2 Å². The molecule has 1 saturated heterocycles. The molecule has 1 aliphatic rings. The zero-order valence-corrected chi connectivity index (χ0v) is 11.8. The minimum absolute atomic E-state index is 0.944. The van der Waals surface area contributed by atoms with E-state index in [2.05, 4.69) is 50.1 Å². The minimum Gasteiger partial charge on any atom is -0.348 e. The Hall–Kier alpha value is -1.65. The molecule has 1 aromatic carbocycles. The molecule has 0 amide bonds. The molecule has 1 N–H and O–H groups in total. The van der Waals surface area contributed by atoms with Gasteiger partial charge in [0, 0.05) is 45.1 Å². The van der Waals surface area contributed by atoms with E-state index in [1.54, 1.807) is 0 Å². The molecule has 0 spiro atoms. The van der Waals surface area contributed by atoms with Gasteiger partial charge in [-0.1, -0.05) is 30.3 Å². The van der Waals surface area contributed by atoms with Crippen molar-refractivity contribution in [3.05, 3.63) is 54.1 Å². The molecule has 106 valence electrons.